The van der Waals surface area contributed by atoms with Crippen LogP contribution < -0.4 is 14.2 Å². The molecule has 25 heavy (non-hydrogen) atoms. The number of likely N-dealkylation sites (N-methyl/N-ethyl adjacent to an activating group) is 1. The minimum Gasteiger partial charge on any atom is -0.490 e. The first kappa shape index (κ1) is 20.6. The van der Waals surface area contributed by atoms with E-state index in [0.29, 0.717) is 37.1 Å². The number of carbonyl (C=O) groups is 2. The first-order valence-electron chi connectivity index (χ1n) is 8.28. The Hall–Kier alpha value is -2.44. The van der Waals surface area contributed by atoms with Crippen molar-refractivity contribution in [2.75, 3.05) is 26.9 Å². The van der Waals surface area contributed by atoms with E-state index in [1.54, 1.807) is 12.1 Å². The van der Waals surface area contributed by atoms with Gasteiger partial charge in [0.25, 0.3) is 5.91 Å². The number of rotatable bonds is 9. The number of carboxylic acids is 1. The van der Waals surface area contributed by atoms with Gasteiger partial charge in [-0.25, -0.2) is 4.79 Å². The Kier molecular flexibility index (Phi) is 7.09. The standard InChI is InChI=1S/C18H27NO6/c1-7-23-13-10-12(11-14(24-8-2)15(13)25-9-3)16(20)19(6)18(4,5)17(21)22/h10-11H,7-9H2,1-6H3,(H,21,22). The molecular formula is C18H27NO6. The molecule has 0 aliphatic carbocycles. The van der Waals surface area contributed by atoms with E-state index < -0.39 is 17.4 Å². The molecule has 1 amide bonds. The third-order valence-corrected chi connectivity index (χ3v) is 3.82. The lowest BCUT2D eigenvalue weighted by Gasteiger charge is -2.31. The van der Waals surface area contributed by atoms with E-state index in [1.165, 1.54) is 25.8 Å². The highest BCUT2D eigenvalue weighted by atomic mass is 16.5. The lowest BCUT2D eigenvalue weighted by molar-refractivity contribution is -0.147. The topological polar surface area (TPSA) is 85.3 Å². The number of nitrogens with zero attached hydrogens (tertiary/aromatic N) is 1. The summed E-state index contributed by atoms with van der Waals surface area (Å²) in [5, 5.41) is 9.34. The Morgan fingerprint density at radius 3 is 1.80 bits per heavy atom. The predicted octanol–water partition coefficient (Wildman–Crippen LogP) is 2.82. The predicted molar refractivity (Wildman–Crippen MR) is 93.8 cm³/mol. The van der Waals surface area contributed by atoms with Crippen molar-refractivity contribution < 1.29 is 28.9 Å². The normalized spacial score (nSPS) is 11.0. The molecule has 0 aliphatic heterocycles. The zero-order chi connectivity index (χ0) is 19.2. The van der Waals surface area contributed by atoms with Gasteiger partial charge in [0.2, 0.25) is 5.75 Å². The summed E-state index contributed by atoms with van der Waals surface area (Å²) in [6.45, 7) is 9.62. The van der Waals surface area contributed by atoms with Crippen LogP contribution in [0.3, 0.4) is 0 Å². The van der Waals surface area contributed by atoms with Crippen molar-refractivity contribution in [2.45, 2.75) is 40.2 Å². The number of carbonyl (C=O) groups excluding carboxylic acids is 1. The fraction of sp³-hybridized carbons (Fsp3) is 0.556. The number of hydrogen-bond donors (Lipinski definition) is 1. The van der Waals surface area contributed by atoms with Gasteiger partial charge in [-0.15, -0.1) is 0 Å². The first-order chi connectivity index (χ1) is 11.7. The third kappa shape index (κ3) is 4.55. The van der Waals surface area contributed by atoms with Crippen LogP contribution in [0.5, 0.6) is 17.2 Å². The molecule has 1 rings (SSSR count). The van der Waals surface area contributed by atoms with Crippen molar-refractivity contribution in [3.8, 4) is 17.2 Å². The van der Waals surface area contributed by atoms with E-state index in [1.807, 2.05) is 20.8 Å². The average molecular weight is 353 g/mol. The molecular weight excluding hydrogens is 326 g/mol. The third-order valence-electron chi connectivity index (χ3n) is 3.82. The number of aliphatic carboxylic acids is 1. The second-order valence-electron chi connectivity index (χ2n) is 5.83. The Morgan fingerprint density at radius 2 is 1.44 bits per heavy atom. The molecule has 0 aliphatic rings. The van der Waals surface area contributed by atoms with E-state index in [9.17, 15) is 14.7 Å². The molecule has 0 spiro atoms. The summed E-state index contributed by atoms with van der Waals surface area (Å²) >= 11 is 0. The molecule has 1 N–H and O–H groups in total. The van der Waals surface area contributed by atoms with Crippen LogP contribution in [0.1, 0.15) is 45.0 Å². The number of benzene rings is 1. The molecule has 0 heterocycles. The highest BCUT2D eigenvalue weighted by Crippen LogP contribution is 2.39. The molecule has 7 nitrogen and oxygen atoms in total. The summed E-state index contributed by atoms with van der Waals surface area (Å²) in [5.41, 5.74) is -1.08. The maximum Gasteiger partial charge on any atom is 0.329 e. The van der Waals surface area contributed by atoms with E-state index in [4.69, 9.17) is 14.2 Å². The smallest absolute Gasteiger partial charge is 0.329 e. The molecule has 140 valence electrons. The summed E-state index contributed by atoms with van der Waals surface area (Å²) in [6.07, 6.45) is 0. The van der Waals surface area contributed by atoms with Crippen molar-refractivity contribution >= 4 is 11.9 Å². The Morgan fingerprint density at radius 1 is 1.00 bits per heavy atom. The lowest BCUT2D eigenvalue weighted by atomic mass is 10.0. The van der Waals surface area contributed by atoms with Crippen LogP contribution in [0.2, 0.25) is 0 Å². The van der Waals surface area contributed by atoms with Crippen LogP contribution in [0.15, 0.2) is 12.1 Å². The zero-order valence-electron chi connectivity index (χ0n) is 15.7. The van der Waals surface area contributed by atoms with Crippen LogP contribution in [0, 0.1) is 0 Å². The van der Waals surface area contributed by atoms with Crippen LogP contribution in [0.25, 0.3) is 0 Å². The van der Waals surface area contributed by atoms with Gasteiger partial charge in [-0.2, -0.15) is 0 Å². The second kappa shape index (κ2) is 8.60. The molecule has 0 unspecified atom stereocenters. The van der Waals surface area contributed by atoms with Gasteiger partial charge in [0.05, 0.1) is 19.8 Å². The monoisotopic (exact) mass is 353 g/mol. The molecule has 0 fully saturated rings. The zero-order valence-corrected chi connectivity index (χ0v) is 15.7. The average Bonchev–Trinajstić information content (AvgIpc) is 2.56. The van der Waals surface area contributed by atoms with Gasteiger partial charge in [-0.1, -0.05) is 0 Å². The lowest BCUT2D eigenvalue weighted by Crippen LogP contribution is -2.50. The Bertz CT molecular complexity index is 599. The van der Waals surface area contributed by atoms with E-state index in [-0.39, 0.29) is 5.56 Å². The van der Waals surface area contributed by atoms with Crippen molar-refractivity contribution in [3.05, 3.63) is 17.7 Å². The maximum atomic E-state index is 12.8. The van der Waals surface area contributed by atoms with E-state index in [2.05, 4.69) is 0 Å². The fourth-order valence-electron chi connectivity index (χ4n) is 2.10. The maximum absolute atomic E-state index is 12.8. The number of amides is 1. The van der Waals surface area contributed by atoms with Gasteiger partial charge in [0.1, 0.15) is 5.54 Å². The molecule has 0 saturated carbocycles. The summed E-state index contributed by atoms with van der Waals surface area (Å²) < 4.78 is 16.8. The number of ether oxygens (including phenoxy) is 3. The minimum absolute atomic E-state index is 0.271. The summed E-state index contributed by atoms with van der Waals surface area (Å²) in [4.78, 5) is 25.4. The highest BCUT2D eigenvalue weighted by Gasteiger charge is 2.36. The van der Waals surface area contributed by atoms with Gasteiger partial charge < -0.3 is 24.2 Å². The first-order valence-corrected chi connectivity index (χ1v) is 8.28. The second-order valence-corrected chi connectivity index (χ2v) is 5.83. The van der Waals surface area contributed by atoms with Gasteiger partial charge in [0.15, 0.2) is 11.5 Å². The van der Waals surface area contributed by atoms with Crippen LogP contribution >= 0.6 is 0 Å². The van der Waals surface area contributed by atoms with Gasteiger partial charge in [-0.05, 0) is 46.8 Å². The Labute approximate surface area is 148 Å². The quantitative estimate of drug-likeness (QED) is 0.735. The fourth-order valence-corrected chi connectivity index (χ4v) is 2.10. The van der Waals surface area contributed by atoms with Gasteiger partial charge in [-0.3, -0.25) is 4.79 Å². The van der Waals surface area contributed by atoms with E-state index >= 15 is 0 Å². The Balaban J connectivity index is 3.39. The van der Waals surface area contributed by atoms with Crippen LogP contribution in [0.4, 0.5) is 0 Å². The summed E-state index contributed by atoms with van der Waals surface area (Å²) in [6, 6.07) is 3.10. The van der Waals surface area contributed by atoms with Crippen LogP contribution in [-0.4, -0.2) is 54.3 Å². The summed E-state index contributed by atoms with van der Waals surface area (Å²) in [7, 11) is 1.45. The largest absolute Gasteiger partial charge is 0.490 e. The van der Waals surface area contributed by atoms with Crippen LogP contribution in [-0.2, 0) is 4.79 Å². The highest BCUT2D eigenvalue weighted by molar-refractivity contribution is 5.98. The molecule has 0 aromatic heterocycles. The summed E-state index contributed by atoms with van der Waals surface area (Å²) in [5.74, 6) is -0.329. The van der Waals surface area contributed by atoms with E-state index in [0.717, 1.165) is 0 Å². The van der Waals surface area contributed by atoms with Crippen molar-refractivity contribution in [1.82, 2.24) is 4.90 Å². The SMILES string of the molecule is CCOc1cc(C(=O)N(C)C(C)(C)C(=O)O)cc(OCC)c1OCC. The molecule has 1 aromatic rings. The van der Waals surface area contributed by atoms with Crippen molar-refractivity contribution in [3.63, 3.8) is 0 Å². The van der Waals surface area contributed by atoms with Crippen molar-refractivity contribution in [2.24, 2.45) is 0 Å². The molecule has 1 aromatic carbocycles. The number of hydrogen-bond acceptors (Lipinski definition) is 5. The van der Waals surface area contributed by atoms with Gasteiger partial charge >= 0.3 is 5.97 Å². The molecule has 0 atom stereocenters. The molecule has 7 heteroatoms. The molecule has 0 radical (unpaired) electrons. The van der Waals surface area contributed by atoms with Gasteiger partial charge in [0, 0.05) is 12.6 Å². The number of carboxylic acid groups (broad SMARTS) is 1. The molecule has 0 bridgehead atoms. The molecule has 0 saturated heterocycles. The van der Waals surface area contributed by atoms with Crippen molar-refractivity contribution in [1.29, 1.82) is 0 Å². The minimum atomic E-state index is -1.35.